The van der Waals surface area contributed by atoms with E-state index in [0.29, 0.717) is 12.4 Å². The van der Waals surface area contributed by atoms with Gasteiger partial charge >= 0.3 is 0 Å². The van der Waals surface area contributed by atoms with E-state index in [1.165, 1.54) is 4.80 Å². The monoisotopic (exact) mass is 325 g/mol. The number of nitrogens with two attached hydrogens (primary N) is 1. The molecule has 0 spiro atoms. The van der Waals surface area contributed by atoms with Crippen molar-refractivity contribution in [3.05, 3.63) is 34.1 Å². The minimum absolute atomic E-state index is 0.0753. The summed E-state index contributed by atoms with van der Waals surface area (Å²) in [6, 6.07) is 5.94. The Balaban J connectivity index is 2.10. The molecule has 1 unspecified atom stereocenters. The van der Waals surface area contributed by atoms with Gasteiger partial charge in [-0.15, -0.1) is 10.2 Å². The molecule has 0 amide bonds. The highest BCUT2D eigenvalue weighted by Gasteiger charge is 2.09. The molecule has 1 aromatic carbocycles. The van der Waals surface area contributed by atoms with Crippen molar-refractivity contribution in [1.29, 1.82) is 0 Å². The molecule has 1 aromatic heterocycles. The molecule has 1 atom stereocenters. The van der Waals surface area contributed by atoms with Gasteiger partial charge in [0.25, 0.3) is 0 Å². The van der Waals surface area contributed by atoms with Gasteiger partial charge in [-0.1, -0.05) is 15.9 Å². The zero-order valence-electron chi connectivity index (χ0n) is 10.9. The lowest BCUT2D eigenvalue weighted by Gasteiger charge is -2.12. The number of rotatable bonds is 5. The van der Waals surface area contributed by atoms with E-state index in [1.54, 1.807) is 7.05 Å². The molecular weight excluding hydrogens is 310 g/mol. The molecule has 2 N–H and O–H groups in total. The molecule has 19 heavy (non-hydrogen) atoms. The van der Waals surface area contributed by atoms with Gasteiger partial charge in [0.2, 0.25) is 5.82 Å². The Morgan fingerprint density at radius 1 is 1.47 bits per heavy atom. The Bertz CT molecular complexity index is 555. The minimum atomic E-state index is 0.0753. The van der Waals surface area contributed by atoms with E-state index in [9.17, 15) is 0 Å². The maximum atomic E-state index is 5.85. The number of aryl methyl sites for hydroxylation is 1. The molecule has 102 valence electrons. The first-order valence-electron chi connectivity index (χ1n) is 5.94. The van der Waals surface area contributed by atoms with Gasteiger partial charge in [-0.2, -0.15) is 4.80 Å². The first kappa shape index (κ1) is 14.0. The zero-order valence-corrected chi connectivity index (χ0v) is 12.5. The van der Waals surface area contributed by atoms with Crippen LogP contribution in [-0.4, -0.2) is 26.2 Å². The Morgan fingerprint density at radius 3 is 2.89 bits per heavy atom. The Labute approximate surface area is 120 Å². The van der Waals surface area contributed by atoms with E-state index < -0.39 is 0 Å². The van der Waals surface area contributed by atoms with Gasteiger partial charge in [0.15, 0.2) is 6.61 Å². The van der Waals surface area contributed by atoms with Crippen LogP contribution in [0.1, 0.15) is 18.3 Å². The lowest BCUT2D eigenvalue weighted by atomic mass is 10.1. The summed E-state index contributed by atoms with van der Waals surface area (Å²) in [6.07, 6.45) is 0.753. The van der Waals surface area contributed by atoms with Crippen molar-refractivity contribution >= 4 is 15.9 Å². The van der Waals surface area contributed by atoms with Crippen LogP contribution in [0.4, 0.5) is 0 Å². The molecule has 0 saturated carbocycles. The third-order valence-electron chi connectivity index (χ3n) is 2.47. The molecule has 1 heterocycles. The van der Waals surface area contributed by atoms with E-state index in [1.807, 2.05) is 25.1 Å². The number of aromatic nitrogens is 4. The summed E-state index contributed by atoms with van der Waals surface area (Å²) in [5.74, 6) is 1.35. The van der Waals surface area contributed by atoms with Gasteiger partial charge in [0.1, 0.15) is 5.75 Å². The normalized spacial score (nSPS) is 12.4. The third-order valence-corrected chi connectivity index (χ3v) is 2.96. The zero-order chi connectivity index (χ0) is 13.8. The highest BCUT2D eigenvalue weighted by molar-refractivity contribution is 9.10. The average molecular weight is 326 g/mol. The average Bonchev–Trinajstić information content (AvgIpc) is 2.73. The first-order chi connectivity index (χ1) is 9.04. The number of nitrogens with zero attached hydrogens (tertiary/aromatic N) is 4. The lowest BCUT2D eigenvalue weighted by Crippen LogP contribution is -2.18. The minimum Gasteiger partial charge on any atom is -0.485 e. The topological polar surface area (TPSA) is 78.9 Å². The van der Waals surface area contributed by atoms with Crippen molar-refractivity contribution in [2.24, 2.45) is 12.8 Å². The van der Waals surface area contributed by atoms with Crippen LogP contribution in [-0.2, 0) is 20.1 Å². The molecule has 0 aliphatic rings. The standard InChI is InChI=1S/C12H16BrN5O/c1-8(14)5-9-6-10(13)3-4-11(9)19-7-12-15-17-18(2)16-12/h3-4,6,8H,5,7,14H2,1-2H3. The molecule has 6 nitrogen and oxygen atoms in total. The smallest absolute Gasteiger partial charge is 0.212 e. The maximum Gasteiger partial charge on any atom is 0.212 e. The maximum absolute atomic E-state index is 5.85. The van der Waals surface area contributed by atoms with Crippen molar-refractivity contribution in [2.45, 2.75) is 26.0 Å². The number of hydrogen-bond donors (Lipinski definition) is 1. The summed E-state index contributed by atoms with van der Waals surface area (Å²) in [4.78, 5) is 1.41. The fourth-order valence-corrected chi connectivity index (χ4v) is 2.13. The van der Waals surface area contributed by atoms with Gasteiger partial charge < -0.3 is 10.5 Å². The second kappa shape index (κ2) is 6.12. The van der Waals surface area contributed by atoms with E-state index in [2.05, 4.69) is 31.3 Å². The molecule has 0 radical (unpaired) electrons. The predicted molar refractivity (Wildman–Crippen MR) is 74.6 cm³/mol. The molecule has 0 aliphatic heterocycles. The molecular formula is C12H16BrN5O. The van der Waals surface area contributed by atoms with Gasteiger partial charge in [-0.25, -0.2) is 0 Å². The van der Waals surface area contributed by atoms with Crippen molar-refractivity contribution in [1.82, 2.24) is 20.2 Å². The van der Waals surface area contributed by atoms with Crippen molar-refractivity contribution < 1.29 is 4.74 Å². The molecule has 0 aliphatic carbocycles. The summed E-state index contributed by atoms with van der Waals surface area (Å²) >= 11 is 3.45. The quantitative estimate of drug-likeness (QED) is 0.899. The Morgan fingerprint density at radius 2 is 2.26 bits per heavy atom. The molecule has 0 saturated heterocycles. The van der Waals surface area contributed by atoms with Crippen molar-refractivity contribution in [2.75, 3.05) is 0 Å². The van der Waals surface area contributed by atoms with E-state index in [-0.39, 0.29) is 6.04 Å². The summed E-state index contributed by atoms with van der Waals surface area (Å²) in [5.41, 5.74) is 6.91. The van der Waals surface area contributed by atoms with Crippen LogP contribution < -0.4 is 10.5 Å². The largest absolute Gasteiger partial charge is 0.485 e. The number of tetrazole rings is 1. The van der Waals surface area contributed by atoms with Crippen LogP contribution in [0, 0.1) is 0 Å². The van der Waals surface area contributed by atoms with Crippen LogP contribution >= 0.6 is 15.9 Å². The van der Waals surface area contributed by atoms with Gasteiger partial charge in [-0.3, -0.25) is 0 Å². The second-order valence-corrected chi connectivity index (χ2v) is 5.33. The first-order valence-corrected chi connectivity index (χ1v) is 6.73. The van der Waals surface area contributed by atoms with Crippen LogP contribution in [0.3, 0.4) is 0 Å². The number of benzene rings is 1. The predicted octanol–water partition coefficient (Wildman–Crippen LogP) is 1.44. The fraction of sp³-hybridized carbons (Fsp3) is 0.417. The molecule has 2 rings (SSSR count). The number of hydrogen-bond acceptors (Lipinski definition) is 5. The summed E-state index contributed by atoms with van der Waals surface area (Å²) in [6.45, 7) is 2.26. The third kappa shape index (κ3) is 4.00. The number of halogens is 1. The highest BCUT2D eigenvalue weighted by atomic mass is 79.9. The molecule has 0 fully saturated rings. The van der Waals surface area contributed by atoms with Crippen LogP contribution in [0.15, 0.2) is 22.7 Å². The van der Waals surface area contributed by atoms with Gasteiger partial charge in [0.05, 0.1) is 7.05 Å². The summed E-state index contributed by atoms with van der Waals surface area (Å²) in [7, 11) is 1.72. The van der Waals surface area contributed by atoms with Crippen LogP contribution in [0.5, 0.6) is 5.75 Å². The van der Waals surface area contributed by atoms with Gasteiger partial charge in [-0.05, 0) is 42.3 Å². The van der Waals surface area contributed by atoms with Crippen molar-refractivity contribution in [3.8, 4) is 5.75 Å². The molecule has 0 bridgehead atoms. The Kier molecular flexibility index (Phi) is 4.49. The van der Waals surface area contributed by atoms with Crippen molar-refractivity contribution in [3.63, 3.8) is 0 Å². The van der Waals surface area contributed by atoms with E-state index >= 15 is 0 Å². The summed E-state index contributed by atoms with van der Waals surface area (Å²) in [5, 5.41) is 11.7. The van der Waals surface area contributed by atoms with E-state index in [4.69, 9.17) is 10.5 Å². The van der Waals surface area contributed by atoms with Crippen LogP contribution in [0.2, 0.25) is 0 Å². The number of ether oxygens (including phenoxy) is 1. The SMILES string of the molecule is CC(N)Cc1cc(Br)ccc1OCc1nnn(C)n1. The summed E-state index contributed by atoms with van der Waals surface area (Å²) < 4.78 is 6.75. The molecule has 2 aromatic rings. The Hall–Kier alpha value is -1.47. The fourth-order valence-electron chi connectivity index (χ4n) is 1.72. The second-order valence-electron chi connectivity index (χ2n) is 4.42. The van der Waals surface area contributed by atoms with Crippen LogP contribution in [0.25, 0.3) is 0 Å². The van der Waals surface area contributed by atoms with Gasteiger partial charge in [0, 0.05) is 10.5 Å². The highest BCUT2D eigenvalue weighted by Crippen LogP contribution is 2.24. The van der Waals surface area contributed by atoms with E-state index in [0.717, 1.165) is 22.2 Å². The molecule has 7 heteroatoms. The lowest BCUT2D eigenvalue weighted by molar-refractivity contribution is 0.291.